The monoisotopic (exact) mass is 289 g/mol. The van der Waals surface area contributed by atoms with Gasteiger partial charge in [-0.05, 0) is 37.2 Å². The van der Waals surface area contributed by atoms with Crippen LogP contribution in [0.1, 0.15) is 5.56 Å². The normalized spacial score (nSPS) is 21.8. The van der Waals surface area contributed by atoms with E-state index >= 15 is 0 Å². The molecule has 2 rings (SSSR count). The summed E-state index contributed by atoms with van der Waals surface area (Å²) in [5.74, 6) is 2.72. The summed E-state index contributed by atoms with van der Waals surface area (Å²) in [5.41, 5.74) is 0.463. The van der Waals surface area contributed by atoms with E-state index in [4.69, 9.17) is 0 Å². The van der Waals surface area contributed by atoms with Gasteiger partial charge in [-0.25, -0.2) is 8.78 Å². The third-order valence-electron chi connectivity index (χ3n) is 3.11. The van der Waals surface area contributed by atoms with Gasteiger partial charge in [-0.3, -0.25) is 0 Å². The highest BCUT2D eigenvalue weighted by Crippen LogP contribution is 2.28. The fourth-order valence-electron chi connectivity index (χ4n) is 2.09. The molecule has 1 N–H and O–H groups in total. The molecule has 1 aliphatic heterocycles. The molecule has 1 heterocycles. The van der Waals surface area contributed by atoms with E-state index in [0.29, 0.717) is 17.2 Å². The maximum absolute atomic E-state index is 13.6. The second-order valence-electron chi connectivity index (χ2n) is 4.32. The third-order valence-corrected chi connectivity index (χ3v) is 6.03. The molecule has 2 atom stereocenters. The number of nitrogens with one attached hydrogen (secondary N) is 1. The Morgan fingerprint density at radius 3 is 2.89 bits per heavy atom. The average molecular weight is 289 g/mol. The van der Waals surface area contributed by atoms with E-state index in [1.807, 2.05) is 30.6 Å². The van der Waals surface area contributed by atoms with Crippen LogP contribution in [0, 0.1) is 11.6 Å². The van der Waals surface area contributed by atoms with Crippen LogP contribution in [0.5, 0.6) is 0 Å². The Bertz CT molecular complexity index is 395. The maximum atomic E-state index is 13.6. The van der Waals surface area contributed by atoms with Gasteiger partial charge in [0.05, 0.1) is 0 Å². The molecule has 1 nitrogen and oxygen atoms in total. The topological polar surface area (TPSA) is 12.0 Å². The van der Waals surface area contributed by atoms with Crippen molar-refractivity contribution in [2.75, 3.05) is 24.3 Å². The van der Waals surface area contributed by atoms with Gasteiger partial charge in [0.15, 0.2) is 0 Å². The zero-order chi connectivity index (χ0) is 13.0. The molecule has 0 radical (unpaired) electrons. The van der Waals surface area contributed by atoms with E-state index in [0.717, 1.165) is 11.5 Å². The Labute approximate surface area is 115 Å². The third kappa shape index (κ3) is 3.62. The lowest BCUT2D eigenvalue weighted by Gasteiger charge is -2.29. The van der Waals surface area contributed by atoms with Crippen LogP contribution in [-0.2, 0) is 6.42 Å². The zero-order valence-electron chi connectivity index (χ0n) is 10.3. The minimum absolute atomic E-state index is 0.194. The SMILES string of the molecule is CNC(Cc1cc(F)ccc1F)C1CSCCS1. The molecule has 0 saturated carbocycles. The first kappa shape index (κ1) is 14.2. The summed E-state index contributed by atoms with van der Waals surface area (Å²) in [6, 6.07) is 3.87. The van der Waals surface area contributed by atoms with Gasteiger partial charge in [0.2, 0.25) is 0 Å². The van der Waals surface area contributed by atoms with Crippen LogP contribution in [-0.4, -0.2) is 35.6 Å². The van der Waals surface area contributed by atoms with Crippen molar-refractivity contribution in [3.8, 4) is 0 Å². The first-order chi connectivity index (χ1) is 8.70. The molecule has 18 heavy (non-hydrogen) atoms. The maximum Gasteiger partial charge on any atom is 0.126 e. The van der Waals surface area contributed by atoms with Crippen LogP contribution in [0.3, 0.4) is 0 Å². The standard InChI is InChI=1S/C13H17F2NS2/c1-16-12(13-8-17-4-5-18-13)7-9-6-10(14)2-3-11(9)15/h2-3,6,12-13,16H,4-5,7-8H2,1H3. The Kier molecular flexibility index (Phi) is 5.33. The molecular formula is C13H17F2NS2. The van der Waals surface area contributed by atoms with Crippen LogP contribution in [0.2, 0.25) is 0 Å². The highest BCUT2D eigenvalue weighted by atomic mass is 32.2. The quantitative estimate of drug-likeness (QED) is 0.915. The molecule has 0 amide bonds. The zero-order valence-corrected chi connectivity index (χ0v) is 11.9. The van der Waals surface area contributed by atoms with Gasteiger partial charge in [-0.15, -0.1) is 0 Å². The smallest absolute Gasteiger partial charge is 0.126 e. The van der Waals surface area contributed by atoms with Crippen molar-refractivity contribution in [2.24, 2.45) is 0 Å². The molecule has 0 bridgehead atoms. The summed E-state index contributed by atoms with van der Waals surface area (Å²) in [5, 5.41) is 3.71. The first-order valence-corrected chi connectivity index (χ1v) is 8.21. The molecule has 100 valence electrons. The summed E-state index contributed by atoms with van der Waals surface area (Å²) in [7, 11) is 1.89. The van der Waals surface area contributed by atoms with Crippen molar-refractivity contribution < 1.29 is 8.78 Å². The van der Waals surface area contributed by atoms with Crippen molar-refractivity contribution in [1.29, 1.82) is 0 Å². The fraction of sp³-hybridized carbons (Fsp3) is 0.538. The number of halogens is 2. The molecule has 2 unspecified atom stereocenters. The van der Waals surface area contributed by atoms with Crippen LogP contribution >= 0.6 is 23.5 Å². The molecule has 1 fully saturated rings. The molecule has 0 spiro atoms. The second kappa shape index (κ2) is 6.78. The minimum Gasteiger partial charge on any atom is -0.316 e. The Hall–Kier alpha value is -0.260. The molecular weight excluding hydrogens is 272 g/mol. The molecule has 1 aromatic rings. The van der Waals surface area contributed by atoms with Gasteiger partial charge >= 0.3 is 0 Å². The fourth-order valence-corrected chi connectivity index (χ4v) is 5.02. The predicted octanol–water partition coefficient (Wildman–Crippen LogP) is 2.94. The second-order valence-corrected chi connectivity index (χ2v) is 6.82. The van der Waals surface area contributed by atoms with Crippen molar-refractivity contribution >= 4 is 23.5 Å². The Morgan fingerprint density at radius 1 is 1.39 bits per heavy atom. The number of thioether (sulfide) groups is 2. The Morgan fingerprint density at radius 2 is 2.22 bits per heavy atom. The van der Waals surface area contributed by atoms with Crippen LogP contribution < -0.4 is 5.32 Å². The number of rotatable bonds is 4. The van der Waals surface area contributed by atoms with E-state index < -0.39 is 0 Å². The van der Waals surface area contributed by atoms with Gasteiger partial charge in [0, 0.05) is 28.6 Å². The van der Waals surface area contributed by atoms with Crippen molar-refractivity contribution in [1.82, 2.24) is 5.32 Å². The summed E-state index contributed by atoms with van der Waals surface area (Å²) in [6.07, 6.45) is 0.540. The lowest BCUT2D eigenvalue weighted by atomic mass is 10.0. The molecule has 1 saturated heterocycles. The summed E-state index contributed by atoms with van der Waals surface area (Å²) < 4.78 is 26.8. The number of hydrogen-bond donors (Lipinski definition) is 1. The molecule has 0 aromatic heterocycles. The van der Waals surface area contributed by atoms with Crippen LogP contribution in [0.25, 0.3) is 0 Å². The molecule has 1 aliphatic rings. The van der Waals surface area contributed by atoms with Gasteiger partial charge in [0.1, 0.15) is 11.6 Å². The van der Waals surface area contributed by atoms with Crippen molar-refractivity contribution in [3.05, 3.63) is 35.4 Å². The number of benzene rings is 1. The molecule has 0 aliphatic carbocycles. The van der Waals surface area contributed by atoms with Crippen LogP contribution in [0.15, 0.2) is 18.2 Å². The summed E-state index contributed by atoms with van der Waals surface area (Å²) in [6.45, 7) is 0. The lowest BCUT2D eigenvalue weighted by molar-refractivity contribution is 0.526. The average Bonchev–Trinajstić information content (AvgIpc) is 2.41. The Balaban J connectivity index is 2.06. The van der Waals surface area contributed by atoms with E-state index in [1.54, 1.807) is 0 Å². The van der Waals surface area contributed by atoms with Crippen molar-refractivity contribution in [3.63, 3.8) is 0 Å². The highest BCUT2D eigenvalue weighted by molar-refractivity contribution is 8.06. The largest absolute Gasteiger partial charge is 0.316 e. The summed E-state index contributed by atoms with van der Waals surface area (Å²) in [4.78, 5) is 0. The van der Waals surface area contributed by atoms with Gasteiger partial charge in [0.25, 0.3) is 0 Å². The van der Waals surface area contributed by atoms with Gasteiger partial charge in [-0.2, -0.15) is 23.5 Å². The molecule has 5 heteroatoms. The van der Waals surface area contributed by atoms with Gasteiger partial charge in [-0.1, -0.05) is 0 Å². The highest BCUT2D eigenvalue weighted by Gasteiger charge is 2.24. The first-order valence-electron chi connectivity index (χ1n) is 6.01. The lowest BCUT2D eigenvalue weighted by Crippen LogP contribution is -2.40. The van der Waals surface area contributed by atoms with Crippen molar-refractivity contribution in [2.45, 2.75) is 17.7 Å². The van der Waals surface area contributed by atoms with E-state index in [2.05, 4.69) is 5.32 Å². The van der Waals surface area contributed by atoms with E-state index in [1.165, 1.54) is 24.0 Å². The minimum atomic E-state index is -0.369. The number of likely N-dealkylation sites (N-methyl/N-ethyl adjacent to an activating group) is 1. The van der Waals surface area contributed by atoms with E-state index in [-0.39, 0.29) is 17.7 Å². The predicted molar refractivity (Wildman–Crippen MR) is 76.5 cm³/mol. The van der Waals surface area contributed by atoms with Gasteiger partial charge < -0.3 is 5.32 Å². The summed E-state index contributed by atoms with van der Waals surface area (Å²) >= 11 is 3.86. The number of hydrogen-bond acceptors (Lipinski definition) is 3. The van der Waals surface area contributed by atoms with E-state index in [9.17, 15) is 8.78 Å². The van der Waals surface area contributed by atoms with Crippen LogP contribution in [0.4, 0.5) is 8.78 Å². The molecule has 1 aromatic carbocycles.